The third-order valence-corrected chi connectivity index (χ3v) is 6.56. The number of methoxy groups -OCH3 is 1. The molecule has 1 aromatic rings. The highest BCUT2D eigenvalue weighted by Gasteiger charge is 2.38. The van der Waals surface area contributed by atoms with Gasteiger partial charge in [-0.3, -0.25) is 4.79 Å². The molecule has 1 amide bonds. The van der Waals surface area contributed by atoms with Gasteiger partial charge in [0.25, 0.3) is 0 Å². The third kappa shape index (κ3) is 5.68. The summed E-state index contributed by atoms with van der Waals surface area (Å²) in [6.07, 6.45) is 4.86. The Bertz CT molecular complexity index is 868. The van der Waals surface area contributed by atoms with E-state index >= 15 is 0 Å². The second kappa shape index (κ2) is 11.3. The number of nitrogens with two attached hydrogens (primary N) is 1. The first-order valence-corrected chi connectivity index (χ1v) is 12.0. The lowest BCUT2D eigenvalue weighted by molar-refractivity contribution is -0.137. The molecule has 3 N–H and O–H groups in total. The Morgan fingerprint density at radius 2 is 2.16 bits per heavy atom. The molecular formula is C23H32N4O3S. The number of carbonyl (C=O) groups is 2. The fraction of sp³-hybridized carbons (Fsp3) is 0.522. The molecule has 3 rings (SSSR count). The van der Waals surface area contributed by atoms with Crippen molar-refractivity contribution < 1.29 is 14.3 Å². The van der Waals surface area contributed by atoms with E-state index in [0.29, 0.717) is 25.0 Å². The van der Waals surface area contributed by atoms with E-state index in [1.807, 2.05) is 31.2 Å². The highest BCUT2D eigenvalue weighted by atomic mass is 32.2. The average Bonchev–Trinajstić information content (AvgIpc) is 2.80. The Labute approximate surface area is 188 Å². The summed E-state index contributed by atoms with van der Waals surface area (Å²) in [5.74, 6) is 0.661. The van der Waals surface area contributed by atoms with Crippen LogP contribution in [-0.4, -0.2) is 47.9 Å². The summed E-state index contributed by atoms with van der Waals surface area (Å²) in [5, 5.41) is 3.95. The van der Waals surface area contributed by atoms with Crippen molar-refractivity contribution in [3.8, 4) is 0 Å². The monoisotopic (exact) mass is 444 g/mol. The molecule has 0 spiro atoms. The van der Waals surface area contributed by atoms with Crippen LogP contribution in [0.4, 0.5) is 5.69 Å². The smallest absolute Gasteiger partial charge is 0.338 e. The van der Waals surface area contributed by atoms with Gasteiger partial charge in [-0.25, -0.2) is 9.79 Å². The van der Waals surface area contributed by atoms with Crippen molar-refractivity contribution in [1.29, 1.82) is 0 Å². The summed E-state index contributed by atoms with van der Waals surface area (Å²) in [4.78, 5) is 32.1. The van der Waals surface area contributed by atoms with Crippen LogP contribution in [0.1, 0.15) is 57.1 Å². The van der Waals surface area contributed by atoms with Gasteiger partial charge < -0.3 is 20.7 Å². The van der Waals surface area contributed by atoms with Crippen LogP contribution in [0.25, 0.3) is 0 Å². The van der Waals surface area contributed by atoms with Crippen LogP contribution >= 0.6 is 11.8 Å². The number of allylic oxidation sites excluding steroid dienone is 1. The van der Waals surface area contributed by atoms with E-state index in [-0.39, 0.29) is 17.9 Å². The predicted octanol–water partition coefficient (Wildman–Crippen LogP) is 3.83. The normalized spacial score (nSPS) is 18.4. The van der Waals surface area contributed by atoms with Crippen LogP contribution in [0.15, 0.2) is 40.5 Å². The first kappa shape index (κ1) is 23.3. The predicted molar refractivity (Wildman–Crippen MR) is 126 cm³/mol. The molecular weight excluding hydrogens is 412 g/mol. The summed E-state index contributed by atoms with van der Waals surface area (Å²) < 4.78 is 5.13. The Morgan fingerprint density at radius 3 is 2.90 bits per heavy atom. The molecule has 1 fully saturated rings. The molecule has 0 aromatic heterocycles. The van der Waals surface area contributed by atoms with E-state index in [0.717, 1.165) is 60.1 Å². The van der Waals surface area contributed by atoms with E-state index in [9.17, 15) is 9.59 Å². The highest BCUT2D eigenvalue weighted by Crippen LogP contribution is 2.41. The molecule has 0 radical (unpaired) electrons. The lowest BCUT2D eigenvalue weighted by Crippen LogP contribution is -2.42. The Kier molecular flexibility index (Phi) is 8.54. The van der Waals surface area contributed by atoms with Crippen LogP contribution in [-0.2, 0) is 14.3 Å². The van der Waals surface area contributed by atoms with Crippen LogP contribution in [0.2, 0.25) is 0 Å². The van der Waals surface area contributed by atoms with Crippen LogP contribution in [0, 0.1) is 0 Å². The first-order valence-electron chi connectivity index (χ1n) is 11.0. The number of anilines is 1. The number of rotatable bonds is 9. The molecule has 1 atom stereocenters. The molecule has 0 aliphatic carbocycles. The zero-order valence-corrected chi connectivity index (χ0v) is 19.2. The van der Waals surface area contributed by atoms with Crippen molar-refractivity contribution in [2.45, 2.75) is 51.5 Å². The van der Waals surface area contributed by atoms with Crippen LogP contribution in [0.3, 0.4) is 0 Å². The van der Waals surface area contributed by atoms with Crippen LogP contribution in [0.5, 0.6) is 0 Å². The van der Waals surface area contributed by atoms with Gasteiger partial charge in [0.15, 0.2) is 5.17 Å². The number of thioether (sulfide) groups is 1. The largest absolute Gasteiger partial charge is 0.466 e. The van der Waals surface area contributed by atoms with Crippen molar-refractivity contribution in [2.75, 3.05) is 31.3 Å². The lowest BCUT2D eigenvalue weighted by Gasteiger charge is -2.40. The molecule has 31 heavy (non-hydrogen) atoms. The van der Waals surface area contributed by atoms with Gasteiger partial charge in [0, 0.05) is 24.4 Å². The molecule has 2 aliphatic heterocycles. The van der Waals surface area contributed by atoms with Gasteiger partial charge in [0.2, 0.25) is 5.91 Å². The number of carbonyl (C=O) groups excluding carboxylic acids is 2. The van der Waals surface area contributed by atoms with E-state index in [4.69, 9.17) is 15.5 Å². The number of hydrogen-bond donors (Lipinski definition) is 2. The minimum atomic E-state index is -0.352. The second-order valence-corrected chi connectivity index (χ2v) is 8.73. The number of hydrogen-bond acceptors (Lipinski definition) is 7. The molecule has 2 aliphatic rings. The van der Waals surface area contributed by atoms with E-state index in [1.54, 1.807) is 11.8 Å². The number of ether oxygens (including phenoxy) is 1. The van der Waals surface area contributed by atoms with Gasteiger partial charge >= 0.3 is 5.97 Å². The Morgan fingerprint density at radius 1 is 1.32 bits per heavy atom. The Balaban J connectivity index is 1.87. The second-order valence-electron chi connectivity index (χ2n) is 7.67. The van der Waals surface area contributed by atoms with E-state index in [1.165, 1.54) is 7.11 Å². The number of amides is 1. The maximum absolute atomic E-state index is 12.8. The zero-order chi connectivity index (χ0) is 22.2. The Hall–Kier alpha value is -2.32. The molecule has 2 heterocycles. The van der Waals surface area contributed by atoms with E-state index < -0.39 is 0 Å². The number of unbranched alkanes of at least 4 members (excludes halogenated alkanes) is 2. The maximum atomic E-state index is 12.8. The molecule has 1 saturated heterocycles. The van der Waals surface area contributed by atoms with Crippen LogP contribution < -0.4 is 11.1 Å². The van der Waals surface area contributed by atoms with Gasteiger partial charge in [-0.2, -0.15) is 0 Å². The molecule has 0 bridgehead atoms. The van der Waals surface area contributed by atoms with Gasteiger partial charge in [-0.05, 0) is 49.9 Å². The number of amidine groups is 1. The average molecular weight is 445 g/mol. The van der Waals surface area contributed by atoms with Crippen molar-refractivity contribution in [1.82, 2.24) is 4.90 Å². The fourth-order valence-corrected chi connectivity index (χ4v) is 4.97. The number of benzene rings is 1. The lowest BCUT2D eigenvalue weighted by atomic mass is 9.93. The summed E-state index contributed by atoms with van der Waals surface area (Å²) in [6.45, 7) is 3.48. The van der Waals surface area contributed by atoms with E-state index in [2.05, 4.69) is 10.2 Å². The molecule has 1 aromatic carbocycles. The van der Waals surface area contributed by atoms with Gasteiger partial charge in [0.1, 0.15) is 0 Å². The maximum Gasteiger partial charge on any atom is 0.338 e. The molecule has 0 saturated carbocycles. The molecule has 7 nitrogen and oxygen atoms in total. The third-order valence-electron chi connectivity index (χ3n) is 5.48. The minimum absolute atomic E-state index is 0.00780. The summed E-state index contributed by atoms with van der Waals surface area (Å²) in [6, 6.07) is 7.49. The van der Waals surface area contributed by atoms with Crippen molar-refractivity contribution in [2.24, 2.45) is 10.7 Å². The van der Waals surface area contributed by atoms with Gasteiger partial charge in [-0.15, -0.1) is 0 Å². The zero-order valence-electron chi connectivity index (χ0n) is 18.4. The number of nitrogens with one attached hydrogen (secondary N) is 1. The SMILES string of the molecule is CCC1=C(C(=O)OC)C(c2cccc(NC(=O)CCCCCN)c2)N2CCCSC2=N1. The first-order chi connectivity index (χ1) is 15.1. The topological polar surface area (TPSA) is 97.0 Å². The fourth-order valence-electron chi connectivity index (χ4n) is 3.97. The molecule has 168 valence electrons. The van der Waals surface area contributed by atoms with Crippen molar-refractivity contribution in [3.05, 3.63) is 41.1 Å². The van der Waals surface area contributed by atoms with Crippen molar-refractivity contribution in [3.63, 3.8) is 0 Å². The number of nitrogens with zero attached hydrogens (tertiary/aromatic N) is 2. The van der Waals surface area contributed by atoms with Gasteiger partial charge in [0.05, 0.1) is 24.4 Å². The quantitative estimate of drug-likeness (QED) is 0.444. The minimum Gasteiger partial charge on any atom is -0.466 e. The summed E-state index contributed by atoms with van der Waals surface area (Å²) in [5.41, 5.74) is 8.55. The highest BCUT2D eigenvalue weighted by molar-refractivity contribution is 8.13. The molecule has 1 unspecified atom stereocenters. The summed E-state index contributed by atoms with van der Waals surface area (Å²) in [7, 11) is 1.41. The number of aliphatic imine (C=N–C) groups is 1. The van der Waals surface area contributed by atoms with Crippen molar-refractivity contribution >= 4 is 34.5 Å². The summed E-state index contributed by atoms with van der Waals surface area (Å²) >= 11 is 1.72. The number of fused-ring (bicyclic) bond motifs is 1. The number of esters is 1. The van der Waals surface area contributed by atoms with Gasteiger partial charge in [-0.1, -0.05) is 37.2 Å². The molecule has 8 heteroatoms. The standard InChI is InChI=1S/C23H32N4O3S/c1-3-18-20(22(29)30-2)21(27-13-8-14-31-23(27)26-18)16-9-7-10-17(15-16)25-19(28)11-5-4-6-12-24/h7,9-10,15,21H,3-6,8,11-14,24H2,1-2H3,(H,25,28).